The van der Waals surface area contributed by atoms with Crippen molar-refractivity contribution in [2.75, 3.05) is 5.32 Å². The van der Waals surface area contributed by atoms with Crippen LogP contribution in [0.1, 0.15) is 10.4 Å². The van der Waals surface area contributed by atoms with Crippen molar-refractivity contribution >= 4 is 34.5 Å². The number of amides is 1. The smallest absolute Gasteiger partial charge is 0.260 e. The number of hydrogen-bond donors (Lipinski definition) is 1. The number of nitrogens with zero attached hydrogens (tertiary/aromatic N) is 3. The Hall–Kier alpha value is -3.03. The summed E-state index contributed by atoms with van der Waals surface area (Å²) in [5.41, 5.74) is 1.45. The Balaban J connectivity index is 1.65. The molecule has 0 fully saturated rings. The lowest BCUT2D eigenvalue weighted by Gasteiger charge is -2.09. The average Bonchev–Trinajstić information content (AvgIpc) is 3.34. The first-order valence-corrected chi connectivity index (χ1v) is 8.87. The molecule has 4 aromatic rings. The van der Waals surface area contributed by atoms with E-state index in [0.717, 1.165) is 4.88 Å². The average molecular weight is 383 g/mol. The van der Waals surface area contributed by atoms with Crippen molar-refractivity contribution in [2.24, 2.45) is 0 Å². The molecular formula is C18H11ClN4O2S. The fourth-order valence-corrected chi connectivity index (χ4v) is 3.22. The molecule has 3 aromatic heterocycles. The van der Waals surface area contributed by atoms with E-state index in [9.17, 15) is 4.79 Å². The van der Waals surface area contributed by atoms with Gasteiger partial charge in [0.2, 0.25) is 5.82 Å². The maximum absolute atomic E-state index is 12.5. The zero-order valence-electron chi connectivity index (χ0n) is 13.2. The van der Waals surface area contributed by atoms with Crippen LogP contribution in [0.4, 0.5) is 5.69 Å². The van der Waals surface area contributed by atoms with Gasteiger partial charge in [-0.3, -0.25) is 4.79 Å². The Morgan fingerprint density at radius 2 is 2.00 bits per heavy atom. The van der Waals surface area contributed by atoms with Gasteiger partial charge in [0.1, 0.15) is 5.15 Å². The van der Waals surface area contributed by atoms with Crippen molar-refractivity contribution in [3.05, 3.63) is 70.8 Å². The molecule has 3 heterocycles. The molecule has 0 aliphatic rings. The van der Waals surface area contributed by atoms with Crippen LogP contribution in [0.15, 0.2) is 64.6 Å². The summed E-state index contributed by atoms with van der Waals surface area (Å²) in [6.45, 7) is 0. The SMILES string of the molecule is O=C(Nc1ccccc1-c1nc(-c2cccs2)no1)c1cccnc1Cl. The molecule has 0 atom stereocenters. The normalized spacial score (nSPS) is 10.7. The standard InChI is InChI=1S/C18H11ClN4O2S/c19-15-12(6-3-9-20-15)17(24)21-13-7-2-1-5-11(13)18-22-16(23-25-18)14-8-4-10-26-14/h1-10H,(H,21,24). The molecule has 1 amide bonds. The third-order valence-electron chi connectivity index (χ3n) is 3.58. The van der Waals surface area contributed by atoms with E-state index in [2.05, 4.69) is 20.4 Å². The van der Waals surface area contributed by atoms with Gasteiger partial charge in [0.05, 0.1) is 21.7 Å². The van der Waals surface area contributed by atoms with Gasteiger partial charge in [0.15, 0.2) is 0 Å². The second-order valence-electron chi connectivity index (χ2n) is 5.24. The van der Waals surface area contributed by atoms with E-state index in [1.165, 1.54) is 17.5 Å². The molecule has 1 N–H and O–H groups in total. The summed E-state index contributed by atoms with van der Waals surface area (Å²) in [5.74, 6) is 0.460. The van der Waals surface area contributed by atoms with Gasteiger partial charge in [0, 0.05) is 6.20 Å². The highest BCUT2D eigenvalue weighted by Crippen LogP contribution is 2.30. The summed E-state index contributed by atoms with van der Waals surface area (Å²) in [4.78, 5) is 21.8. The maximum Gasteiger partial charge on any atom is 0.260 e. The van der Waals surface area contributed by atoms with Crippen LogP contribution in [-0.4, -0.2) is 21.0 Å². The van der Waals surface area contributed by atoms with Gasteiger partial charge in [-0.1, -0.05) is 35.0 Å². The minimum absolute atomic E-state index is 0.139. The predicted octanol–water partition coefficient (Wildman–Crippen LogP) is 4.77. The third-order valence-corrected chi connectivity index (χ3v) is 4.74. The predicted molar refractivity (Wildman–Crippen MR) is 100 cm³/mol. The zero-order chi connectivity index (χ0) is 17.9. The summed E-state index contributed by atoms with van der Waals surface area (Å²) in [6, 6.07) is 14.3. The van der Waals surface area contributed by atoms with E-state index in [-0.39, 0.29) is 16.6 Å². The molecule has 0 saturated carbocycles. The Morgan fingerprint density at radius 3 is 2.81 bits per heavy atom. The van der Waals surface area contributed by atoms with E-state index in [0.29, 0.717) is 23.0 Å². The Kier molecular flexibility index (Phi) is 4.47. The molecular weight excluding hydrogens is 372 g/mol. The number of benzene rings is 1. The fraction of sp³-hybridized carbons (Fsp3) is 0. The number of carbonyl (C=O) groups excluding carboxylic acids is 1. The van der Waals surface area contributed by atoms with Crippen LogP contribution >= 0.6 is 22.9 Å². The molecule has 6 nitrogen and oxygen atoms in total. The van der Waals surface area contributed by atoms with E-state index in [1.807, 2.05) is 23.6 Å². The summed E-state index contributed by atoms with van der Waals surface area (Å²) >= 11 is 7.51. The molecule has 26 heavy (non-hydrogen) atoms. The lowest BCUT2D eigenvalue weighted by atomic mass is 10.1. The number of nitrogens with one attached hydrogen (secondary N) is 1. The van der Waals surface area contributed by atoms with E-state index in [4.69, 9.17) is 16.1 Å². The van der Waals surface area contributed by atoms with Crippen LogP contribution < -0.4 is 5.32 Å². The van der Waals surface area contributed by atoms with Gasteiger partial charge in [-0.15, -0.1) is 11.3 Å². The van der Waals surface area contributed by atoms with Gasteiger partial charge in [0.25, 0.3) is 11.8 Å². The van der Waals surface area contributed by atoms with Crippen molar-refractivity contribution in [2.45, 2.75) is 0 Å². The first-order valence-electron chi connectivity index (χ1n) is 7.61. The molecule has 0 saturated heterocycles. The lowest BCUT2D eigenvalue weighted by Crippen LogP contribution is -2.13. The zero-order valence-corrected chi connectivity index (χ0v) is 14.8. The lowest BCUT2D eigenvalue weighted by molar-refractivity contribution is 0.102. The van der Waals surface area contributed by atoms with Crippen LogP contribution in [0, 0.1) is 0 Å². The fourth-order valence-electron chi connectivity index (χ4n) is 2.36. The molecule has 0 bridgehead atoms. The van der Waals surface area contributed by atoms with Crippen molar-refractivity contribution in [1.29, 1.82) is 0 Å². The quantitative estimate of drug-likeness (QED) is 0.514. The van der Waals surface area contributed by atoms with Gasteiger partial charge in [-0.05, 0) is 35.7 Å². The van der Waals surface area contributed by atoms with Crippen LogP contribution in [-0.2, 0) is 0 Å². The Bertz CT molecular complexity index is 1060. The van der Waals surface area contributed by atoms with Crippen LogP contribution in [0.25, 0.3) is 22.2 Å². The van der Waals surface area contributed by atoms with Crippen LogP contribution in [0.5, 0.6) is 0 Å². The number of carbonyl (C=O) groups is 1. The molecule has 0 unspecified atom stereocenters. The van der Waals surface area contributed by atoms with E-state index >= 15 is 0 Å². The topological polar surface area (TPSA) is 80.9 Å². The second-order valence-corrected chi connectivity index (χ2v) is 6.55. The van der Waals surface area contributed by atoms with Gasteiger partial charge in [-0.2, -0.15) is 4.98 Å². The molecule has 8 heteroatoms. The van der Waals surface area contributed by atoms with Gasteiger partial charge >= 0.3 is 0 Å². The first-order chi connectivity index (χ1) is 12.7. The second kappa shape index (κ2) is 7.07. The minimum atomic E-state index is -0.367. The number of pyridine rings is 1. The monoisotopic (exact) mass is 382 g/mol. The molecule has 0 radical (unpaired) electrons. The number of thiophene rings is 1. The summed E-state index contributed by atoms with van der Waals surface area (Å²) in [6.07, 6.45) is 1.53. The van der Waals surface area contributed by atoms with Crippen LogP contribution in [0.3, 0.4) is 0 Å². The largest absolute Gasteiger partial charge is 0.334 e. The van der Waals surface area contributed by atoms with Crippen molar-refractivity contribution in [3.8, 4) is 22.2 Å². The third kappa shape index (κ3) is 3.22. The summed E-state index contributed by atoms with van der Waals surface area (Å²) in [5, 5.41) is 8.91. The number of para-hydroxylation sites is 1. The molecule has 128 valence electrons. The molecule has 0 aliphatic heterocycles. The molecule has 0 spiro atoms. The highest BCUT2D eigenvalue weighted by atomic mass is 35.5. The van der Waals surface area contributed by atoms with E-state index < -0.39 is 0 Å². The number of anilines is 1. The van der Waals surface area contributed by atoms with Crippen molar-refractivity contribution in [1.82, 2.24) is 15.1 Å². The van der Waals surface area contributed by atoms with Crippen molar-refractivity contribution in [3.63, 3.8) is 0 Å². The maximum atomic E-state index is 12.5. The minimum Gasteiger partial charge on any atom is -0.334 e. The van der Waals surface area contributed by atoms with Gasteiger partial charge < -0.3 is 9.84 Å². The highest BCUT2D eigenvalue weighted by Gasteiger charge is 2.17. The molecule has 0 aliphatic carbocycles. The molecule has 1 aromatic carbocycles. The Labute approximate surface area is 157 Å². The number of halogens is 1. The van der Waals surface area contributed by atoms with Gasteiger partial charge in [-0.25, -0.2) is 4.98 Å². The molecule has 4 rings (SSSR count). The Morgan fingerprint density at radius 1 is 1.12 bits per heavy atom. The first kappa shape index (κ1) is 16.4. The number of aromatic nitrogens is 3. The van der Waals surface area contributed by atoms with E-state index in [1.54, 1.807) is 30.3 Å². The number of rotatable bonds is 4. The highest BCUT2D eigenvalue weighted by molar-refractivity contribution is 7.13. The van der Waals surface area contributed by atoms with Crippen LogP contribution in [0.2, 0.25) is 5.15 Å². The van der Waals surface area contributed by atoms with Crippen molar-refractivity contribution < 1.29 is 9.32 Å². The summed E-state index contributed by atoms with van der Waals surface area (Å²) in [7, 11) is 0. The number of hydrogen-bond acceptors (Lipinski definition) is 6. The summed E-state index contributed by atoms with van der Waals surface area (Å²) < 4.78 is 5.38.